The normalized spacial score (nSPS) is 12.0. The average Bonchev–Trinajstić information content (AvgIpc) is 2.92. The lowest BCUT2D eigenvalue weighted by atomic mass is 9.93. The Morgan fingerprint density at radius 3 is 2.33 bits per heavy atom. The maximum absolute atomic E-state index is 14.9. The third-order valence-corrected chi connectivity index (χ3v) is 6.90. The van der Waals surface area contributed by atoms with Gasteiger partial charge in [0.1, 0.15) is 11.6 Å². The number of halogens is 1. The van der Waals surface area contributed by atoms with E-state index >= 15 is 0 Å². The third-order valence-electron chi connectivity index (χ3n) is 6.90. The molecule has 0 saturated carbocycles. The van der Waals surface area contributed by atoms with Crippen LogP contribution in [0.3, 0.4) is 0 Å². The molecular weight excluding hydrogens is 491 g/mol. The van der Waals surface area contributed by atoms with Crippen molar-refractivity contribution in [3.05, 3.63) is 89.2 Å². The van der Waals surface area contributed by atoms with Crippen LogP contribution in [0.4, 0.5) is 4.39 Å². The molecule has 0 aliphatic heterocycles. The largest absolute Gasteiger partial charge is 0.493 e. The van der Waals surface area contributed by atoms with Crippen molar-refractivity contribution in [2.75, 3.05) is 26.9 Å². The van der Waals surface area contributed by atoms with Crippen molar-refractivity contribution in [1.82, 2.24) is 4.90 Å². The Hall–Kier alpha value is -3.22. The number of nitrogens with two attached hydrogens (primary N) is 1. The highest BCUT2D eigenvalue weighted by atomic mass is 19.1. The van der Waals surface area contributed by atoms with Crippen molar-refractivity contribution in [2.45, 2.75) is 65.0 Å². The van der Waals surface area contributed by atoms with Crippen molar-refractivity contribution in [1.29, 1.82) is 0 Å². The van der Waals surface area contributed by atoms with Gasteiger partial charge in [0, 0.05) is 49.9 Å². The maximum Gasteiger partial charge on any atom is 0.227 e. The monoisotopic (exact) mass is 534 g/mol. The van der Waals surface area contributed by atoms with Crippen LogP contribution in [0.15, 0.2) is 66.7 Å². The molecule has 39 heavy (non-hydrogen) atoms. The summed E-state index contributed by atoms with van der Waals surface area (Å²) in [6.07, 6.45) is 3.31. The molecule has 0 radical (unpaired) electrons. The smallest absolute Gasteiger partial charge is 0.227 e. The number of hydrogen-bond acceptors (Lipinski definition) is 4. The molecule has 0 spiro atoms. The second-order valence-electron chi connectivity index (χ2n) is 10.2. The zero-order valence-corrected chi connectivity index (χ0v) is 23.8. The van der Waals surface area contributed by atoms with Crippen LogP contribution >= 0.6 is 0 Å². The molecule has 0 aromatic heterocycles. The zero-order chi connectivity index (χ0) is 28.2. The van der Waals surface area contributed by atoms with Crippen LogP contribution in [0.2, 0.25) is 0 Å². The number of hydrogen-bond donors (Lipinski definition) is 1. The summed E-state index contributed by atoms with van der Waals surface area (Å²) in [4.78, 5) is 15.8. The predicted molar refractivity (Wildman–Crippen MR) is 156 cm³/mol. The minimum Gasteiger partial charge on any atom is -0.493 e. The Kier molecular flexibility index (Phi) is 12.0. The number of aryl methyl sites for hydroxylation is 1. The summed E-state index contributed by atoms with van der Waals surface area (Å²) in [5.74, 6) is 0.301. The van der Waals surface area contributed by atoms with E-state index in [9.17, 15) is 9.18 Å². The van der Waals surface area contributed by atoms with Gasteiger partial charge in [0.2, 0.25) is 5.91 Å². The molecule has 2 N–H and O–H groups in total. The molecule has 0 fully saturated rings. The summed E-state index contributed by atoms with van der Waals surface area (Å²) in [5.41, 5.74) is 10.5. The van der Waals surface area contributed by atoms with Gasteiger partial charge in [-0.1, -0.05) is 61.9 Å². The molecule has 0 heterocycles. The number of benzene rings is 3. The number of nitrogens with zero attached hydrogens (tertiary/aromatic N) is 1. The summed E-state index contributed by atoms with van der Waals surface area (Å²) in [7, 11) is 1.65. The zero-order valence-electron chi connectivity index (χ0n) is 23.8. The van der Waals surface area contributed by atoms with E-state index in [1.807, 2.05) is 55.1 Å². The SMILES string of the molecule is CCCc1cc(-c2ccccc2F)c(OCCCOC)cc1CC(=O)N(C(C)C)[C@@H](CN)Cc1ccccc1. The maximum atomic E-state index is 14.9. The molecule has 210 valence electrons. The van der Waals surface area contributed by atoms with Crippen LogP contribution in [0.25, 0.3) is 11.1 Å². The number of carbonyl (C=O) groups excluding carboxylic acids is 1. The third kappa shape index (κ3) is 8.38. The molecule has 5 nitrogen and oxygen atoms in total. The van der Waals surface area contributed by atoms with E-state index in [4.69, 9.17) is 15.2 Å². The minimum atomic E-state index is -0.303. The topological polar surface area (TPSA) is 64.8 Å². The Morgan fingerprint density at radius 2 is 1.69 bits per heavy atom. The number of carbonyl (C=O) groups is 1. The molecule has 3 aromatic rings. The van der Waals surface area contributed by atoms with Crippen LogP contribution in [-0.2, 0) is 28.8 Å². The molecule has 3 aromatic carbocycles. The molecular formula is C33H43FN2O3. The van der Waals surface area contributed by atoms with Crippen LogP contribution in [0, 0.1) is 5.82 Å². The van der Waals surface area contributed by atoms with E-state index in [2.05, 4.69) is 19.1 Å². The van der Waals surface area contributed by atoms with Crippen molar-refractivity contribution in [3.63, 3.8) is 0 Å². The fraction of sp³-hybridized carbons (Fsp3) is 0.424. The molecule has 3 rings (SSSR count). The molecule has 0 aliphatic rings. The summed E-state index contributed by atoms with van der Waals surface area (Å²) < 4.78 is 26.2. The highest BCUT2D eigenvalue weighted by Gasteiger charge is 2.27. The van der Waals surface area contributed by atoms with Gasteiger partial charge in [-0.2, -0.15) is 0 Å². The van der Waals surface area contributed by atoms with Gasteiger partial charge in [0.15, 0.2) is 0 Å². The lowest BCUT2D eigenvalue weighted by Gasteiger charge is -2.35. The van der Waals surface area contributed by atoms with Gasteiger partial charge < -0.3 is 20.1 Å². The van der Waals surface area contributed by atoms with Crippen molar-refractivity contribution in [3.8, 4) is 16.9 Å². The highest BCUT2D eigenvalue weighted by Crippen LogP contribution is 2.36. The quantitative estimate of drug-likeness (QED) is 0.236. The molecule has 0 bridgehead atoms. The highest BCUT2D eigenvalue weighted by molar-refractivity contribution is 5.81. The fourth-order valence-corrected chi connectivity index (χ4v) is 5.08. The van der Waals surface area contributed by atoms with E-state index in [1.54, 1.807) is 19.2 Å². The molecule has 6 heteroatoms. The summed E-state index contributed by atoms with van der Waals surface area (Å²) >= 11 is 0. The lowest BCUT2D eigenvalue weighted by molar-refractivity contribution is -0.134. The minimum absolute atomic E-state index is 0.00756. The van der Waals surface area contributed by atoms with E-state index in [0.29, 0.717) is 49.5 Å². The summed E-state index contributed by atoms with van der Waals surface area (Å²) in [5, 5.41) is 0. The number of methoxy groups -OCH3 is 1. The van der Waals surface area contributed by atoms with E-state index in [1.165, 1.54) is 6.07 Å². The number of amides is 1. The second kappa shape index (κ2) is 15.4. The Labute approximate surface area is 233 Å². The molecule has 0 unspecified atom stereocenters. The van der Waals surface area contributed by atoms with E-state index in [-0.39, 0.29) is 30.2 Å². The average molecular weight is 535 g/mol. The summed E-state index contributed by atoms with van der Waals surface area (Å²) in [6, 6.07) is 20.7. The number of ether oxygens (including phenoxy) is 2. The first kappa shape index (κ1) is 30.3. The van der Waals surface area contributed by atoms with Gasteiger partial charge in [-0.25, -0.2) is 4.39 Å². The standard InChI is InChI=1S/C33H43FN2O3/c1-5-12-26-20-30(29-15-9-10-16-31(29)34)32(39-18-11-17-38-4)21-27(26)22-33(37)36(24(2)3)28(23-35)19-25-13-7-6-8-14-25/h6-10,13-16,20-21,24,28H,5,11-12,17-19,22-23,35H2,1-4H3/t28-/m1/s1. The van der Waals surface area contributed by atoms with Gasteiger partial charge in [-0.15, -0.1) is 0 Å². The summed E-state index contributed by atoms with van der Waals surface area (Å²) in [6.45, 7) is 7.54. The Morgan fingerprint density at radius 1 is 0.974 bits per heavy atom. The fourth-order valence-electron chi connectivity index (χ4n) is 5.08. The van der Waals surface area contributed by atoms with Gasteiger partial charge in [0.05, 0.1) is 13.0 Å². The molecule has 0 aliphatic carbocycles. The van der Waals surface area contributed by atoms with Gasteiger partial charge in [-0.3, -0.25) is 4.79 Å². The number of rotatable bonds is 15. The predicted octanol–water partition coefficient (Wildman–Crippen LogP) is 6.21. The van der Waals surface area contributed by atoms with E-state index < -0.39 is 0 Å². The van der Waals surface area contributed by atoms with Gasteiger partial charge in [-0.05, 0) is 61.6 Å². The first-order chi connectivity index (χ1) is 18.9. The van der Waals surface area contributed by atoms with Crippen molar-refractivity contribution >= 4 is 5.91 Å². The lowest BCUT2D eigenvalue weighted by Crippen LogP contribution is -2.50. The Balaban J connectivity index is 1.98. The van der Waals surface area contributed by atoms with E-state index in [0.717, 1.165) is 29.5 Å². The first-order valence-electron chi connectivity index (χ1n) is 14.0. The second-order valence-corrected chi connectivity index (χ2v) is 10.2. The molecule has 1 amide bonds. The van der Waals surface area contributed by atoms with Gasteiger partial charge >= 0.3 is 0 Å². The molecule has 0 saturated heterocycles. The van der Waals surface area contributed by atoms with Crippen molar-refractivity contribution < 1.29 is 18.7 Å². The molecule has 1 atom stereocenters. The van der Waals surface area contributed by atoms with Gasteiger partial charge in [0.25, 0.3) is 0 Å². The first-order valence-corrected chi connectivity index (χ1v) is 14.0. The Bertz CT molecular complexity index is 1180. The van der Waals surface area contributed by atoms with Crippen LogP contribution in [-0.4, -0.2) is 49.8 Å². The van der Waals surface area contributed by atoms with Crippen LogP contribution < -0.4 is 10.5 Å². The van der Waals surface area contributed by atoms with Crippen LogP contribution in [0.1, 0.15) is 50.3 Å². The van der Waals surface area contributed by atoms with Crippen molar-refractivity contribution in [2.24, 2.45) is 5.73 Å². The van der Waals surface area contributed by atoms with Crippen LogP contribution in [0.5, 0.6) is 5.75 Å².